The number of aliphatic hydroxyl groups excluding tert-OH is 1. The SMILES string of the molecule is CC1(C)CN(c2nc(NN)c(F)cc2F)CCC1O. The minimum Gasteiger partial charge on any atom is -0.392 e. The summed E-state index contributed by atoms with van der Waals surface area (Å²) in [6.45, 7) is 4.69. The molecule has 2 rings (SSSR count). The quantitative estimate of drug-likeness (QED) is 0.558. The van der Waals surface area contributed by atoms with Gasteiger partial charge in [-0.05, 0) is 6.42 Å². The number of nitrogens with zero attached hydrogens (tertiary/aromatic N) is 2. The minimum absolute atomic E-state index is 0.0503. The van der Waals surface area contributed by atoms with Gasteiger partial charge in [-0.15, -0.1) is 0 Å². The van der Waals surface area contributed by atoms with Crippen LogP contribution in [-0.2, 0) is 0 Å². The highest BCUT2D eigenvalue weighted by atomic mass is 19.1. The molecule has 1 aliphatic heterocycles. The molecule has 0 spiro atoms. The molecule has 0 aliphatic carbocycles. The van der Waals surface area contributed by atoms with Crippen molar-refractivity contribution in [3.8, 4) is 0 Å². The first-order valence-corrected chi connectivity index (χ1v) is 6.11. The summed E-state index contributed by atoms with van der Waals surface area (Å²) in [7, 11) is 0. The largest absolute Gasteiger partial charge is 0.392 e. The molecule has 0 radical (unpaired) electrons. The number of hydrazine groups is 1. The van der Waals surface area contributed by atoms with Gasteiger partial charge in [-0.2, -0.15) is 0 Å². The zero-order valence-corrected chi connectivity index (χ0v) is 11.0. The van der Waals surface area contributed by atoms with Gasteiger partial charge in [0.2, 0.25) is 0 Å². The van der Waals surface area contributed by atoms with Gasteiger partial charge < -0.3 is 15.4 Å². The van der Waals surface area contributed by atoms with Crippen molar-refractivity contribution in [2.75, 3.05) is 23.4 Å². The Balaban J connectivity index is 2.32. The van der Waals surface area contributed by atoms with Gasteiger partial charge in [-0.25, -0.2) is 19.6 Å². The molecule has 1 atom stereocenters. The average Bonchev–Trinajstić information content (AvgIpc) is 2.33. The number of aromatic nitrogens is 1. The number of nitrogens with one attached hydrogen (secondary N) is 1. The van der Waals surface area contributed by atoms with E-state index < -0.39 is 17.7 Å². The highest BCUT2D eigenvalue weighted by molar-refractivity contribution is 5.49. The van der Waals surface area contributed by atoms with Crippen molar-refractivity contribution >= 4 is 11.6 Å². The number of aliphatic hydroxyl groups is 1. The van der Waals surface area contributed by atoms with Crippen LogP contribution in [0.15, 0.2) is 6.07 Å². The number of rotatable bonds is 2. The van der Waals surface area contributed by atoms with E-state index in [-0.39, 0.29) is 17.1 Å². The van der Waals surface area contributed by atoms with Crippen LogP contribution in [0.1, 0.15) is 20.3 Å². The molecule has 7 heteroatoms. The van der Waals surface area contributed by atoms with Crippen LogP contribution in [0.25, 0.3) is 0 Å². The lowest BCUT2D eigenvalue weighted by Gasteiger charge is -2.42. The van der Waals surface area contributed by atoms with Crippen LogP contribution < -0.4 is 16.2 Å². The highest BCUT2D eigenvalue weighted by Crippen LogP contribution is 2.33. The van der Waals surface area contributed by atoms with E-state index in [0.717, 1.165) is 6.07 Å². The standard InChI is InChI=1S/C12H18F2N4O/c1-12(2)6-18(4-3-9(12)19)11-8(14)5-7(13)10(16-11)17-15/h5,9,19H,3-4,6,15H2,1-2H3,(H,16,17). The molecule has 0 amide bonds. The molecule has 4 N–H and O–H groups in total. The third kappa shape index (κ3) is 2.62. The van der Waals surface area contributed by atoms with Gasteiger partial charge in [0.15, 0.2) is 23.3 Å². The molecule has 1 aliphatic rings. The molecule has 2 heterocycles. The second-order valence-corrected chi connectivity index (χ2v) is 5.48. The van der Waals surface area contributed by atoms with E-state index in [1.807, 2.05) is 13.8 Å². The summed E-state index contributed by atoms with van der Waals surface area (Å²) in [4.78, 5) is 5.56. The smallest absolute Gasteiger partial charge is 0.178 e. The van der Waals surface area contributed by atoms with Gasteiger partial charge in [-0.1, -0.05) is 13.8 Å². The zero-order chi connectivity index (χ0) is 14.2. The van der Waals surface area contributed by atoms with Crippen molar-refractivity contribution < 1.29 is 13.9 Å². The second-order valence-electron chi connectivity index (χ2n) is 5.48. The average molecular weight is 272 g/mol. The van der Waals surface area contributed by atoms with Crippen LogP contribution >= 0.6 is 0 Å². The molecule has 1 fully saturated rings. The Hall–Kier alpha value is -1.47. The number of halogens is 2. The van der Waals surface area contributed by atoms with Crippen LogP contribution in [0.3, 0.4) is 0 Å². The number of hydrogen-bond donors (Lipinski definition) is 3. The fraction of sp³-hybridized carbons (Fsp3) is 0.583. The Labute approximate surface area is 110 Å². The second kappa shape index (κ2) is 4.90. The molecule has 106 valence electrons. The predicted molar refractivity (Wildman–Crippen MR) is 68.6 cm³/mol. The summed E-state index contributed by atoms with van der Waals surface area (Å²) in [5.74, 6) is 3.43. The highest BCUT2D eigenvalue weighted by Gasteiger charge is 2.36. The van der Waals surface area contributed by atoms with Crippen LogP contribution in [0.2, 0.25) is 0 Å². The normalized spacial score (nSPS) is 22.4. The summed E-state index contributed by atoms with van der Waals surface area (Å²) < 4.78 is 27.1. The lowest BCUT2D eigenvalue weighted by Crippen LogP contribution is -2.49. The van der Waals surface area contributed by atoms with Gasteiger partial charge >= 0.3 is 0 Å². The number of hydrogen-bond acceptors (Lipinski definition) is 5. The molecular weight excluding hydrogens is 254 g/mol. The van der Waals surface area contributed by atoms with Crippen LogP contribution in [0.5, 0.6) is 0 Å². The first-order chi connectivity index (χ1) is 8.85. The molecule has 0 saturated carbocycles. The van der Waals surface area contributed by atoms with E-state index in [1.54, 1.807) is 4.90 Å². The van der Waals surface area contributed by atoms with E-state index in [4.69, 9.17) is 5.84 Å². The number of piperidine rings is 1. The maximum atomic E-state index is 13.8. The molecule has 0 aromatic carbocycles. The summed E-state index contributed by atoms with van der Waals surface area (Å²) in [6.07, 6.45) is 0.0658. The summed E-state index contributed by atoms with van der Waals surface area (Å²) in [5.41, 5.74) is 1.72. The Morgan fingerprint density at radius 1 is 1.47 bits per heavy atom. The van der Waals surface area contributed by atoms with E-state index in [9.17, 15) is 13.9 Å². The monoisotopic (exact) mass is 272 g/mol. The van der Waals surface area contributed by atoms with Crippen LogP contribution in [-0.4, -0.2) is 29.3 Å². The third-order valence-corrected chi connectivity index (χ3v) is 3.52. The Morgan fingerprint density at radius 2 is 2.16 bits per heavy atom. The number of nitrogens with two attached hydrogens (primary N) is 1. The van der Waals surface area contributed by atoms with Gasteiger partial charge in [-0.3, -0.25) is 0 Å². The maximum Gasteiger partial charge on any atom is 0.178 e. The number of nitrogen functional groups attached to an aromatic ring is 1. The lowest BCUT2D eigenvalue weighted by molar-refractivity contribution is 0.0332. The lowest BCUT2D eigenvalue weighted by atomic mass is 9.81. The van der Waals surface area contributed by atoms with Crippen molar-refractivity contribution in [3.63, 3.8) is 0 Å². The first-order valence-electron chi connectivity index (χ1n) is 6.11. The van der Waals surface area contributed by atoms with Crippen LogP contribution in [0.4, 0.5) is 20.4 Å². The van der Waals surface area contributed by atoms with E-state index in [1.165, 1.54) is 0 Å². The topological polar surface area (TPSA) is 74.4 Å². The summed E-state index contributed by atoms with van der Waals surface area (Å²) in [5, 5.41) is 9.88. The molecule has 19 heavy (non-hydrogen) atoms. The summed E-state index contributed by atoms with van der Waals surface area (Å²) >= 11 is 0. The molecule has 1 aromatic rings. The first kappa shape index (κ1) is 14.0. The minimum atomic E-state index is -0.833. The molecule has 1 saturated heterocycles. The Bertz CT molecular complexity index is 481. The zero-order valence-electron chi connectivity index (χ0n) is 11.0. The molecule has 0 bridgehead atoms. The van der Waals surface area contributed by atoms with Crippen molar-refractivity contribution in [3.05, 3.63) is 17.7 Å². The number of anilines is 2. The Morgan fingerprint density at radius 3 is 2.74 bits per heavy atom. The van der Waals surface area contributed by atoms with Gasteiger partial charge in [0.1, 0.15) is 0 Å². The van der Waals surface area contributed by atoms with Gasteiger partial charge in [0.05, 0.1) is 6.10 Å². The van der Waals surface area contributed by atoms with Crippen molar-refractivity contribution in [2.45, 2.75) is 26.4 Å². The molecule has 1 aromatic heterocycles. The van der Waals surface area contributed by atoms with Crippen molar-refractivity contribution in [1.29, 1.82) is 0 Å². The van der Waals surface area contributed by atoms with E-state index in [0.29, 0.717) is 19.5 Å². The molecule has 1 unspecified atom stereocenters. The van der Waals surface area contributed by atoms with E-state index >= 15 is 0 Å². The Kier molecular flexibility index (Phi) is 3.60. The fourth-order valence-corrected chi connectivity index (χ4v) is 2.31. The molecule has 5 nitrogen and oxygen atoms in total. The molecular formula is C12H18F2N4O. The van der Waals surface area contributed by atoms with Crippen molar-refractivity contribution in [1.82, 2.24) is 4.98 Å². The van der Waals surface area contributed by atoms with Gasteiger partial charge in [0, 0.05) is 24.6 Å². The predicted octanol–water partition coefficient (Wildman–Crippen LogP) is 1.24. The fourth-order valence-electron chi connectivity index (χ4n) is 2.31. The van der Waals surface area contributed by atoms with Crippen molar-refractivity contribution in [2.24, 2.45) is 11.3 Å². The van der Waals surface area contributed by atoms with E-state index in [2.05, 4.69) is 10.4 Å². The third-order valence-electron chi connectivity index (χ3n) is 3.52. The van der Waals surface area contributed by atoms with Gasteiger partial charge in [0.25, 0.3) is 0 Å². The summed E-state index contributed by atoms with van der Waals surface area (Å²) in [6, 6.07) is 0.759. The number of pyridine rings is 1. The maximum absolute atomic E-state index is 13.8. The van der Waals surface area contributed by atoms with Crippen LogP contribution in [0, 0.1) is 17.0 Å².